The summed E-state index contributed by atoms with van der Waals surface area (Å²) in [7, 11) is 0. The van der Waals surface area contributed by atoms with E-state index in [1.54, 1.807) is 76.2 Å². The Morgan fingerprint density at radius 3 is 2.31 bits per heavy atom. The third-order valence-corrected chi connectivity index (χ3v) is 9.96. The number of fused-ring (bicyclic) bond motifs is 2. The molecular formula is C43H60N6O9. The molecule has 0 spiro atoms. The Kier molecular flexibility index (Phi) is 17.5. The van der Waals surface area contributed by atoms with Gasteiger partial charge in [0.15, 0.2) is 6.04 Å². The summed E-state index contributed by atoms with van der Waals surface area (Å²) in [5.41, 5.74) is 0.321. The zero-order valence-electron chi connectivity index (χ0n) is 34.2. The number of carbonyl (C=O) groups excluding carboxylic acids is 7. The van der Waals surface area contributed by atoms with Crippen molar-refractivity contribution in [3.8, 4) is 5.75 Å². The smallest absolute Gasteiger partial charge is 0.333 e. The van der Waals surface area contributed by atoms with Crippen LogP contribution in [0.4, 0.5) is 4.79 Å². The van der Waals surface area contributed by atoms with Gasteiger partial charge in [0.25, 0.3) is 5.91 Å². The average Bonchev–Trinajstić information content (AvgIpc) is 3.19. The van der Waals surface area contributed by atoms with Gasteiger partial charge in [0, 0.05) is 13.0 Å². The van der Waals surface area contributed by atoms with Crippen molar-refractivity contribution in [1.82, 2.24) is 31.9 Å². The fourth-order valence-electron chi connectivity index (χ4n) is 7.05. The number of ketones is 1. The molecule has 2 aromatic rings. The number of urea groups is 1. The van der Waals surface area contributed by atoms with Crippen molar-refractivity contribution < 1.29 is 43.0 Å². The summed E-state index contributed by atoms with van der Waals surface area (Å²) in [5.74, 6) is -4.31. The fraction of sp³-hybridized carbons (Fsp3) is 0.558. The molecule has 2 unspecified atom stereocenters. The van der Waals surface area contributed by atoms with Gasteiger partial charge in [0.1, 0.15) is 23.4 Å². The van der Waals surface area contributed by atoms with Crippen molar-refractivity contribution in [2.45, 2.75) is 128 Å². The quantitative estimate of drug-likeness (QED) is 0.136. The predicted molar refractivity (Wildman–Crippen MR) is 216 cm³/mol. The second-order valence-corrected chi connectivity index (χ2v) is 15.9. The van der Waals surface area contributed by atoms with Crippen molar-refractivity contribution in [2.24, 2.45) is 5.92 Å². The van der Waals surface area contributed by atoms with Gasteiger partial charge in [-0.2, -0.15) is 0 Å². The number of benzene rings is 2. The van der Waals surface area contributed by atoms with Crippen LogP contribution in [0.2, 0.25) is 0 Å². The maximum Gasteiger partial charge on any atom is 0.333 e. The summed E-state index contributed by atoms with van der Waals surface area (Å²) in [6.45, 7) is 7.13. The van der Waals surface area contributed by atoms with E-state index >= 15 is 0 Å². The first-order valence-electron chi connectivity index (χ1n) is 20.5. The van der Waals surface area contributed by atoms with Crippen LogP contribution in [0.15, 0.2) is 54.6 Å². The second kappa shape index (κ2) is 22.5. The lowest BCUT2D eigenvalue weighted by atomic mass is 9.83. The highest BCUT2D eigenvalue weighted by Gasteiger charge is 2.36. The third-order valence-electron chi connectivity index (χ3n) is 9.96. The lowest BCUT2D eigenvalue weighted by molar-refractivity contribution is -0.158. The summed E-state index contributed by atoms with van der Waals surface area (Å²) >= 11 is 0. The van der Waals surface area contributed by atoms with Gasteiger partial charge < -0.3 is 41.4 Å². The van der Waals surface area contributed by atoms with Crippen LogP contribution in [0.3, 0.4) is 0 Å². The Morgan fingerprint density at radius 2 is 1.60 bits per heavy atom. The van der Waals surface area contributed by atoms with Gasteiger partial charge in [-0.05, 0) is 88.5 Å². The molecule has 2 aromatic carbocycles. The summed E-state index contributed by atoms with van der Waals surface area (Å²) < 4.78 is 11.4. The van der Waals surface area contributed by atoms with E-state index in [0.29, 0.717) is 36.4 Å². The van der Waals surface area contributed by atoms with E-state index in [1.807, 2.05) is 6.07 Å². The molecule has 6 N–H and O–H groups in total. The Labute approximate surface area is 340 Å². The molecule has 1 heterocycles. The molecule has 0 aromatic heterocycles. The van der Waals surface area contributed by atoms with E-state index in [-0.39, 0.29) is 18.8 Å². The Bertz CT molecular complexity index is 1720. The van der Waals surface area contributed by atoms with Gasteiger partial charge in [0.05, 0.1) is 19.2 Å². The molecule has 0 radical (unpaired) electrons. The van der Waals surface area contributed by atoms with Gasteiger partial charge in [-0.15, -0.1) is 0 Å². The first-order chi connectivity index (χ1) is 27.7. The third kappa shape index (κ3) is 14.8. The van der Waals surface area contributed by atoms with Crippen LogP contribution in [0, 0.1) is 5.92 Å². The first kappa shape index (κ1) is 45.2. The number of rotatable bonds is 12. The average molecular weight is 805 g/mol. The highest BCUT2D eigenvalue weighted by molar-refractivity contribution is 6.38. The molecule has 4 atom stereocenters. The SMILES string of the molecule is CCCC(NC(=O)[C@@H]1Cc2cccc(c2)OCCCCCNC(=O)NC(C2CCCCC2)C(=O)N1)C(=O)C(=O)NCC(=O)N[C@H](C(=O)OC(C)(C)C)c1ccccc1. The van der Waals surface area contributed by atoms with Gasteiger partial charge >= 0.3 is 12.0 Å². The predicted octanol–water partition coefficient (Wildman–Crippen LogP) is 3.69. The number of hydrogen-bond donors (Lipinski definition) is 6. The molecule has 4 rings (SSSR count). The Hall–Kier alpha value is -5.47. The number of Topliss-reactive ketones (excluding diaryl/α,β-unsaturated/α-hetero) is 1. The molecule has 1 saturated carbocycles. The summed E-state index contributed by atoms with van der Waals surface area (Å²) in [4.78, 5) is 94.0. The topological polar surface area (TPSA) is 210 Å². The number of amides is 6. The lowest BCUT2D eigenvalue weighted by Gasteiger charge is -2.31. The van der Waals surface area contributed by atoms with E-state index in [2.05, 4.69) is 31.9 Å². The molecule has 6 amide bonds. The maximum atomic E-state index is 14.1. The van der Waals surface area contributed by atoms with Crippen LogP contribution in [0.25, 0.3) is 0 Å². The van der Waals surface area contributed by atoms with E-state index in [9.17, 15) is 33.6 Å². The minimum atomic E-state index is -1.28. The van der Waals surface area contributed by atoms with E-state index in [1.165, 1.54) is 0 Å². The Balaban J connectivity index is 1.49. The standard InChI is InChI=1S/C43H60N6O9/c1-5-16-32(37(51)40(54)45-27-34(50)48-36(30-20-11-7-12-21-30)41(55)58-43(2,3)4)46-38(52)33-26-28-17-15-22-31(25-28)57-24-14-8-13-23-44-42(56)49-35(39(53)47-33)29-18-9-6-10-19-29/h7,11-12,15,17,20-22,25,29,32-33,35-36H,5-6,8-10,13-14,16,18-19,23-24,26-27H2,1-4H3,(H,45,54)(H,46,52)(H,47,53)(H,48,50)(H2,44,49,56)/t32?,33-,35?,36-/m0/s1. The zero-order valence-corrected chi connectivity index (χ0v) is 34.2. The normalized spacial score (nSPS) is 19.6. The van der Waals surface area contributed by atoms with Gasteiger partial charge in [-0.25, -0.2) is 9.59 Å². The molecule has 1 aliphatic carbocycles. The number of esters is 1. The van der Waals surface area contributed by atoms with Gasteiger partial charge in [-0.3, -0.25) is 24.0 Å². The molecule has 2 aliphatic rings. The molecule has 316 valence electrons. The van der Waals surface area contributed by atoms with E-state index in [4.69, 9.17) is 9.47 Å². The van der Waals surface area contributed by atoms with Crippen LogP contribution in [0.1, 0.15) is 109 Å². The molecule has 58 heavy (non-hydrogen) atoms. The minimum Gasteiger partial charge on any atom is -0.494 e. The highest BCUT2D eigenvalue weighted by Crippen LogP contribution is 2.27. The molecule has 15 heteroatoms. The van der Waals surface area contributed by atoms with Crippen LogP contribution >= 0.6 is 0 Å². The number of nitrogens with one attached hydrogen (secondary N) is 6. The number of hydrogen-bond acceptors (Lipinski definition) is 9. The van der Waals surface area contributed by atoms with E-state index in [0.717, 1.165) is 51.4 Å². The maximum absolute atomic E-state index is 14.1. The van der Waals surface area contributed by atoms with Gasteiger partial charge in [0.2, 0.25) is 23.5 Å². The molecular weight excluding hydrogens is 745 g/mol. The largest absolute Gasteiger partial charge is 0.494 e. The van der Waals surface area contributed by atoms with Crippen molar-refractivity contribution in [2.75, 3.05) is 19.7 Å². The molecule has 1 aliphatic heterocycles. The molecule has 15 nitrogen and oxygen atoms in total. The minimum absolute atomic E-state index is 0.0258. The summed E-state index contributed by atoms with van der Waals surface area (Å²) in [6, 6.07) is 10.7. The molecule has 1 fully saturated rings. The van der Waals surface area contributed by atoms with Crippen LogP contribution in [0.5, 0.6) is 5.75 Å². The second-order valence-electron chi connectivity index (χ2n) is 15.9. The van der Waals surface area contributed by atoms with Crippen molar-refractivity contribution in [3.63, 3.8) is 0 Å². The van der Waals surface area contributed by atoms with Crippen LogP contribution < -0.4 is 36.6 Å². The fourth-order valence-corrected chi connectivity index (χ4v) is 7.05. The first-order valence-corrected chi connectivity index (χ1v) is 20.5. The van der Waals surface area contributed by atoms with Crippen molar-refractivity contribution in [1.29, 1.82) is 0 Å². The zero-order chi connectivity index (χ0) is 42.1. The Morgan fingerprint density at radius 1 is 0.879 bits per heavy atom. The van der Waals surface area contributed by atoms with Crippen LogP contribution in [-0.4, -0.2) is 84.8 Å². The van der Waals surface area contributed by atoms with Crippen molar-refractivity contribution >= 4 is 41.4 Å². The summed E-state index contributed by atoms with van der Waals surface area (Å²) in [5, 5.41) is 16.1. The number of carbonyl (C=O) groups is 7. The van der Waals surface area contributed by atoms with Gasteiger partial charge in [-0.1, -0.05) is 75.1 Å². The number of ether oxygens (including phenoxy) is 2. The lowest BCUT2D eigenvalue weighted by Crippen LogP contribution is -2.59. The molecule has 2 bridgehead atoms. The van der Waals surface area contributed by atoms with Crippen molar-refractivity contribution in [3.05, 3.63) is 65.7 Å². The molecule has 0 saturated heterocycles. The summed E-state index contributed by atoms with van der Waals surface area (Å²) in [6.07, 6.45) is 7.22. The van der Waals surface area contributed by atoms with Crippen LogP contribution in [-0.2, 0) is 39.9 Å². The van der Waals surface area contributed by atoms with E-state index < -0.39 is 77.7 Å². The monoisotopic (exact) mass is 804 g/mol. The highest BCUT2D eigenvalue weighted by atomic mass is 16.6.